The summed E-state index contributed by atoms with van der Waals surface area (Å²) in [6.45, 7) is 5.57. The Morgan fingerprint density at radius 3 is 2.50 bits per heavy atom. The van der Waals surface area contributed by atoms with Gasteiger partial charge in [0.25, 0.3) is 0 Å². The van der Waals surface area contributed by atoms with Gasteiger partial charge in [0.15, 0.2) is 0 Å². The van der Waals surface area contributed by atoms with Crippen molar-refractivity contribution in [3.05, 3.63) is 0 Å². The van der Waals surface area contributed by atoms with Gasteiger partial charge in [-0.1, -0.05) is 6.92 Å². The molecule has 0 spiro atoms. The van der Waals surface area contributed by atoms with Gasteiger partial charge < -0.3 is 9.80 Å². The lowest BCUT2D eigenvalue weighted by Crippen LogP contribution is -2.47. The number of hydrogen-bond donors (Lipinski definition) is 2. The molecule has 0 aliphatic heterocycles. The SMILES string of the molecule is CCNCC[N+](C)(C)C1CC1S. The van der Waals surface area contributed by atoms with Crippen LogP contribution in [0, 0.1) is 0 Å². The Morgan fingerprint density at radius 1 is 1.50 bits per heavy atom. The third-order valence-electron chi connectivity index (χ3n) is 2.74. The largest absolute Gasteiger partial charge is 0.324 e. The van der Waals surface area contributed by atoms with Crippen molar-refractivity contribution in [1.29, 1.82) is 0 Å². The Bertz CT molecular complexity index is 147. The average molecular weight is 189 g/mol. The maximum atomic E-state index is 4.47. The Morgan fingerprint density at radius 2 is 2.08 bits per heavy atom. The molecule has 0 heterocycles. The van der Waals surface area contributed by atoms with Gasteiger partial charge in [-0.2, -0.15) is 12.6 Å². The van der Waals surface area contributed by atoms with E-state index in [1.54, 1.807) is 0 Å². The zero-order valence-electron chi connectivity index (χ0n) is 8.38. The predicted molar refractivity (Wildman–Crippen MR) is 56.7 cm³/mol. The maximum Gasteiger partial charge on any atom is 0.102 e. The van der Waals surface area contributed by atoms with Crippen molar-refractivity contribution >= 4 is 12.6 Å². The van der Waals surface area contributed by atoms with Crippen LogP contribution in [0.2, 0.25) is 0 Å². The second-order valence-corrected chi connectivity index (χ2v) is 4.89. The topological polar surface area (TPSA) is 12.0 Å². The molecule has 12 heavy (non-hydrogen) atoms. The molecule has 0 bridgehead atoms. The Kier molecular flexibility index (Phi) is 3.44. The van der Waals surface area contributed by atoms with Crippen LogP contribution < -0.4 is 5.32 Å². The highest BCUT2D eigenvalue weighted by Gasteiger charge is 2.46. The van der Waals surface area contributed by atoms with Crippen LogP contribution in [0.15, 0.2) is 0 Å². The first-order chi connectivity index (χ1) is 5.58. The van der Waals surface area contributed by atoms with Gasteiger partial charge in [-0.05, 0) is 6.54 Å². The molecule has 2 unspecified atom stereocenters. The molecule has 1 aliphatic carbocycles. The van der Waals surface area contributed by atoms with Crippen molar-refractivity contribution in [2.75, 3.05) is 33.7 Å². The van der Waals surface area contributed by atoms with Gasteiger partial charge in [-0.25, -0.2) is 0 Å². The zero-order chi connectivity index (χ0) is 9.19. The van der Waals surface area contributed by atoms with Gasteiger partial charge in [0.1, 0.15) is 6.04 Å². The number of thiol groups is 1. The van der Waals surface area contributed by atoms with Gasteiger partial charge in [0, 0.05) is 13.0 Å². The highest BCUT2D eigenvalue weighted by Crippen LogP contribution is 2.35. The molecule has 0 amide bonds. The number of quaternary nitrogens is 1. The molecule has 72 valence electrons. The first-order valence-corrected chi connectivity index (χ1v) is 5.31. The van der Waals surface area contributed by atoms with Gasteiger partial charge >= 0.3 is 0 Å². The summed E-state index contributed by atoms with van der Waals surface area (Å²) in [6, 6.07) is 0.798. The molecule has 1 N–H and O–H groups in total. The summed E-state index contributed by atoms with van der Waals surface area (Å²) in [5, 5.41) is 4.02. The zero-order valence-corrected chi connectivity index (χ0v) is 9.27. The van der Waals surface area contributed by atoms with Crippen molar-refractivity contribution in [1.82, 2.24) is 5.32 Å². The van der Waals surface area contributed by atoms with E-state index in [-0.39, 0.29) is 0 Å². The summed E-state index contributed by atoms with van der Waals surface area (Å²) >= 11 is 4.47. The Balaban J connectivity index is 2.19. The van der Waals surface area contributed by atoms with Crippen molar-refractivity contribution < 1.29 is 4.48 Å². The first-order valence-electron chi connectivity index (χ1n) is 4.79. The number of rotatable bonds is 5. The van der Waals surface area contributed by atoms with Crippen LogP contribution in [0.5, 0.6) is 0 Å². The number of hydrogen-bond acceptors (Lipinski definition) is 2. The van der Waals surface area contributed by atoms with Crippen LogP contribution >= 0.6 is 12.6 Å². The normalized spacial score (nSPS) is 29.0. The molecular formula is C9H21N2S+. The highest BCUT2D eigenvalue weighted by molar-refractivity contribution is 7.81. The predicted octanol–water partition coefficient (Wildman–Crippen LogP) is 0.743. The highest BCUT2D eigenvalue weighted by atomic mass is 32.1. The van der Waals surface area contributed by atoms with Crippen LogP contribution in [0.25, 0.3) is 0 Å². The fraction of sp³-hybridized carbons (Fsp3) is 1.00. The summed E-state index contributed by atoms with van der Waals surface area (Å²) in [5.74, 6) is 0. The van der Waals surface area contributed by atoms with Crippen LogP contribution in [0.4, 0.5) is 0 Å². The smallest absolute Gasteiger partial charge is 0.102 e. The van der Waals surface area contributed by atoms with Crippen molar-refractivity contribution in [3.8, 4) is 0 Å². The van der Waals surface area contributed by atoms with Crippen LogP contribution in [-0.2, 0) is 0 Å². The molecule has 0 saturated heterocycles. The van der Waals surface area contributed by atoms with Gasteiger partial charge in [-0.3, -0.25) is 0 Å². The van der Waals surface area contributed by atoms with Crippen LogP contribution in [0.3, 0.4) is 0 Å². The summed E-state index contributed by atoms with van der Waals surface area (Å²) in [7, 11) is 4.61. The van der Waals surface area contributed by atoms with E-state index in [1.807, 2.05) is 0 Å². The number of nitrogens with one attached hydrogen (secondary N) is 1. The number of nitrogens with zero attached hydrogens (tertiary/aromatic N) is 1. The molecule has 0 aromatic heterocycles. The van der Waals surface area contributed by atoms with Crippen molar-refractivity contribution in [2.45, 2.75) is 24.6 Å². The summed E-state index contributed by atoms with van der Waals surface area (Å²) in [4.78, 5) is 0. The van der Waals surface area contributed by atoms with E-state index in [4.69, 9.17) is 0 Å². The van der Waals surface area contributed by atoms with E-state index < -0.39 is 0 Å². The summed E-state index contributed by atoms with van der Waals surface area (Å²) in [6.07, 6.45) is 1.29. The summed E-state index contributed by atoms with van der Waals surface area (Å²) in [5.41, 5.74) is 0. The second-order valence-electron chi connectivity index (χ2n) is 4.23. The van der Waals surface area contributed by atoms with Crippen molar-refractivity contribution in [2.24, 2.45) is 0 Å². The van der Waals surface area contributed by atoms with E-state index in [2.05, 4.69) is 39.0 Å². The van der Waals surface area contributed by atoms with Gasteiger partial charge in [0.2, 0.25) is 0 Å². The van der Waals surface area contributed by atoms with E-state index in [1.165, 1.54) is 13.0 Å². The van der Waals surface area contributed by atoms with E-state index in [0.29, 0.717) is 5.25 Å². The number of likely N-dealkylation sites (N-methyl/N-ethyl adjacent to an activating group) is 2. The third-order valence-corrected chi connectivity index (χ3v) is 3.29. The second kappa shape index (κ2) is 3.99. The first kappa shape index (κ1) is 10.4. The Hall–Kier alpha value is 0.270. The molecule has 1 saturated carbocycles. The molecule has 2 nitrogen and oxygen atoms in total. The molecule has 1 fully saturated rings. The molecule has 1 rings (SSSR count). The Labute approximate surface area is 81.3 Å². The molecule has 0 aromatic carbocycles. The lowest BCUT2D eigenvalue weighted by atomic mass is 10.4. The minimum absolute atomic E-state index is 0.654. The fourth-order valence-electron chi connectivity index (χ4n) is 1.63. The minimum atomic E-state index is 0.654. The van der Waals surface area contributed by atoms with Gasteiger partial charge in [0.05, 0.1) is 25.9 Å². The molecule has 2 atom stereocenters. The van der Waals surface area contributed by atoms with E-state index in [0.717, 1.165) is 23.6 Å². The molecule has 1 aliphatic rings. The lowest BCUT2D eigenvalue weighted by molar-refractivity contribution is -0.899. The third kappa shape index (κ3) is 2.64. The van der Waals surface area contributed by atoms with E-state index >= 15 is 0 Å². The van der Waals surface area contributed by atoms with Crippen LogP contribution in [-0.4, -0.2) is 49.5 Å². The van der Waals surface area contributed by atoms with E-state index in [9.17, 15) is 0 Å². The van der Waals surface area contributed by atoms with Crippen molar-refractivity contribution in [3.63, 3.8) is 0 Å². The minimum Gasteiger partial charge on any atom is -0.324 e. The monoisotopic (exact) mass is 189 g/mol. The maximum absolute atomic E-state index is 4.47. The van der Waals surface area contributed by atoms with Crippen LogP contribution in [0.1, 0.15) is 13.3 Å². The molecule has 3 heteroatoms. The van der Waals surface area contributed by atoms with Gasteiger partial charge in [-0.15, -0.1) is 0 Å². The lowest BCUT2D eigenvalue weighted by Gasteiger charge is -2.30. The molecule has 0 radical (unpaired) electrons. The molecular weight excluding hydrogens is 168 g/mol. The summed E-state index contributed by atoms with van der Waals surface area (Å²) < 4.78 is 1.13. The fourth-order valence-corrected chi connectivity index (χ4v) is 2.21. The molecule has 0 aromatic rings. The average Bonchev–Trinajstić information content (AvgIpc) is 2.68. The quantitative estimate of drug-likeness (QED) is 0.369. The standard InChI is InChI=1S/C9H20N2S/c1-4-10-5-6-11(2,3)8-7-9(8)12/h8-10H,4-7H2,1-3H3/p+1.